The Morgan fingerprint density at radius 2 is 0.935 bits per heavy atom. The van der Waals surface area contributed by atoms with E-state index in [1.165, 1.54) is 0 Å². The van der Waals surface area contributed by atoms with Crippen LogP contribution >= 0.6 is 0 Å². The van der Waals surface area contributed by atoms with Gasteiger partial charge in [-0.05, 0) is 0 Å². The van der Waals surface area contributed by atoms with Gasteiger partial charge in [0.1, 0.15) is 0 Å². The van der Waals surface area contributed by atoms with Crippen LogP contribution in [0.25, 0.3) is 0 Å². The third-order valence-corrected chi connectivity index (χ3v) is 5.63. The normalized spacial score (nSPS) is 47.8. The third kappa shape index (κ3) is 1.58. The second kappa shape index (κ2) is 4.94. The molecular formula is C12HF17O2. The van der Waals surface area contributed by atoms with Gasteiger partial charge in [-0.15, -0.1) is 0 Å². The average Bonchev–Trinajstić information content (AvgIpc) is 2.57. The van der Waals surface area contributed by atoms with E-state index in [2.05, 4.69) is 4.74 Å². The SMILES string of the molecule is O=C(OC12C(F)C3(F)C(F)(F)[C@@](F)(C1(F)F)C(F)(F)[C@](F)(C3(F)F)C2(F)F)C(F)(F)F. The van der Waals surface area contributed by atoms with Gasteiger partial charge in [0.2, 0.25) is 0 Å². The van der Waals surface area contributed by atoms with Gasteiger partial charge in [-0.2, -0.15) is 57.1 Å². The van der Waals surface area contributed by atoms with Crippen molar-refractivity contribution in [2.45, 2.75) is 64.6 Å². The Hall–Kier alpha value is -1.72. The predicted octanol–water partition coefficient (Wildman–Crippen LogP) is 4.51. The fraction of sp³-hybridized carbons (Fsp3) is 0.917. The molecule has 4 aliphatic carbocycles. The van der Waals surface area contributed by atoms with E-state index >= 15 is 0 Å². The number of alkyl halides is 17. The van der Waals surface area contributed by atoms with Crippen LogP contribution in [0.1, 0.15) is 0 Å². The summed E-state index contributed by atoms with van der Waals surface area (Å²) < 4.78 is 238. The second-order valence-electron chi connectivity index (χ2n) is 6.89. The number of hydrogen-bond donors (Lipinski definition) is 0. The van der Waals surface area contributed by atoms with Gasteiger partial charge in [0.05, 0.1) is 0 Å². The molecule has 0 aromatic heterocycles. The zero-order valence-electron chi connectivity index (χ0n) is 13.3. The van der Waals surface area contributed by atoms with E-state index in [1.54, 1.807) is 0 Å². The molecule has 0 heterocycles. The zero-order valence-corrected chi connectivity index (χ0v) is 13.3. The topological polar surface area (TPSA) is 26.3 Å². The summed E-state index contributed by atoms with van der Waals surface area (Å²) in [6, 6.07) is 0. The maximum atomic E-state index is 14.5. The Labute approximate surface area is 156 Å². The van der Waals surface area contributed by atoms with Crippen molar-refractivity contribution in [3.05, 3.63) is 0 Å². The van der Waals surface area contributed by atoms with Crippen LogP contribution in [0.3, 0.4) is 0 Å². The maximum absolute atomic E-state index is 14.5. The quantitative estimate of drug-likeness (QED) is 0.392. The lowest BCUT2D eigenvalue weighted by Crippen LogP contribution is -3.08. The summed E-state index contributed by atoms with van der Waals surface area (Å²) in [6.07, 6.45) is -13.1. The Bertz CT molecular complexity index is 816. The van der Waals surface area contributed by atoms with E-state index in [4.69, 9.17) is 0 Å². The van der Waals surface area contributed by atoms with Crippen LogP contribution in [-0.4, -0.2) is 70.5 Å². The van der Waals surface area contributed by atoms with Crippen LogP contribution in [-0.2, 0) is 9.53 Å². The number of ether oxygens (including phenoxy) is 1. The van der Waals surface area contributed by atoms with Crippen LogP contribution in [0.5, 0.6) is 0 Å². The Morgan fingerprint density at radius 1 is 0.613 bits per heavy atom. The van der Waals surface area contributed by atoms with Gasteiger partial charge in [-0.1, -0.05) is 0 Å². The van der Waals surface area contributed by atoms with Crippen molar-refractivity contribution in [2.24, 2.45) is 0 Å². The molecule has 4 fully saturated rings. The largest absolute Gasteiger partial charge is 0.490 e. The van der Waals surface area contributed by atoms with E-state index in [-0.39, 0.29) is 0 Å². The smallest absolute Gasteiger partial charge is 0.436 e. The number of esters is 1. The minimum absolute atomic E-state index is 2.27. The number of carbonyl (C=O) groups excluding carboxylic acids is 1. The molecule has 4 rings (SSSR count). The highest BCUT2D eigenvalue weighted by Gasteiger charge is 3.20. The van der Waals surface area contributed by atoms with Crippen molar-refractivity contribution in [3.8, 4) is 0 Å². The first-order chi connectivity index (χ1) is 13.3. The monoisotopic (exact) mass is 500 g/mol. The van der Waals surface area contributed by atoms with Crippen LogP contribution in [0.4, 0.5) is 74.6 Å². The van der Waals surface area contributed by atoms with Crippen molar-refractivity contribution < 1.29 is 84.2 Å². The lowest BCUT2D eigenvalue weighted by Gasteiger charge is -2.73. The Morgan fingerprint density at radius 3 is 1.23 bits per heavy atom. The van der Waals surface area contributed by atoms with Gasteiger partial charge in [0, 0.05) is 0 Å². The molecular weight excluding hydrogens is 499 g/mol. The number of rotatable bonds is 1. The van der Waals surface area contributed by atoms with Gasteiger partial charge < -0.3 is 4.74 Å². The van der Waals surface area contributed by atoms with E-state index in [9.17, 15) is 79.4 Å². The lowest BCUT2D eigenvalue weighted by molar-refractivity contribution is -0.587. The standard InChI is InChI=1S/C12HF17O2/c13-1-3(14)8(20,21)6(18)10(24,25)4(1,31-2(30)5(15,16)17)11(26,27)7(19,9(3,22)23)12(6,28)29/h1H/t1?,3?,4?,6-,7+. The predicted molar refractivity (Wildman–Crippen MR) is 56.0 cm³/mol. The molecule has 4 aliphatic rings. The third-order valence-electron chi connectivity index (χ3n) is 5.63. The molecule has 0 aromatic rings. The molecule has 180 valence electrons. The molecule has 0 N–H and O–H groups in total. The van der Waals surface area contributed by atoms with Gasteiger partial charge in [0.25, 0.3) is 11.3 Å². The van der Waals surface area contributed by atoms with Crippen LogP contribution in [0, 0.1) is 0 Å². The van der Waals surface area contributed by atoms with Crippen LogP contribution in [0.15, 0.2) is 0 Å². The molecule has 4 saturated carbocycles. The van der Waals surface area contributed by atoms with Crippen molar-refractivity contribution >= 4 is 5.97 Å². The minimum atomic E-state index is -8.00. The lowest BCUT2D eigenvalue weighted by atomic mass is 9.41. The van der Waals surface area contributed by atoms with Gasteiger partial charge in [0.15, 0.2) is 6.17 Å². The van der Waals surface area contributed by atoms with Gasteiger partial charge in [-0.25, -0.2) is 22.4 Å². The summed E-state index contributed by atoms with van der Waals surface area (Å²) in [6.45, 7) is 0. The molecule has 31 heavy (non-hydrogen) atoms. The van der Waals surface area contributed by atoms with Crippen molar-refractivity contribution in [3.63, 3.8) is 0 Å². The fourth-order valence-electron chi connectivity index (χ4n) is 4.13. The van der Waals surface area contributed by atoms with Gasteiger partial charge >= 0.3 is 53.1 Å². The molecule has 0 aromatic carbocycles. The van der Waals surface area contributed by atoms with Crippen molar-refractivity contribution in [1.82, 2.24) is 0 Å². The van der Waals surface area contributed by atoms with Crippen LogP contribution in [0.2, 0.25) is 0 Å². The van der Waals surface area contributed by atoms with E-state index in [0.717, 1.165) is 0 Å². The van der Waals surface area contributed by atoms with E-state index in [1.807, 2.05) is 0 Å². The molecule has 0 amide bonds. The summed E-state index contributed by atoms with van der Waals surface area (Å²) in [5, 5.41) is 0. The molecule has 5 atom stereocenters. The summed E-state index contributed by atoms with van der Waals surface area (Å²) in [4.78, 5) is 10.8. The molecule has 19 heteroatoms. The molecule has 0 radical (unpaired) electrons. The zero-order chi connectivity index (χ0) is 24.9. The summed E-state index contributed by atoms with van der Waals surface area (Å²) in [5.41, 5.74) is -30.3. The number of hydrogen-bond acceptors (Lipinski definition) is 2. The molecule has 4 bridgehead atoms. The molecule has 0 aliphatic heterocycles. The highest BCUT2D eigenvalue weighted by Crippen LogP contribution is 2.86. The summed E-state index contributed by atoms with van der Waals surface area (Å²) in [5.74, 6) is -43.7. The first-order valence-corrected chi connectivity index (χ1v) is 7.18. The fourth-order valence-corrected chi connectivity index (χ4v) is 4.13. The molecule has 2 nitrogen and oxygen atoms in total. The molecule has 3 unspecified atom stereocenters. The Kier molecular flexibility index (Phi) is 3.81. The highest BCUT2D eigenvalue weighted by atomic mass is 19.4. The Balaban J connectivity index is 2.59. The first kappa shape index (κ1) is 23.9. The van der Waals surface area contributed by atoms with Crippen molar-refractivity contribution in [2.75, 3.05) is 0 Å². The van der Waals surface area contributed by atoms with E-state index in [0.29, 0.717) is 0 Å². The summed E-state index contributed by atoms with van der Waals surface area (Å²) in [7, 11) is 0. The molecule has 0 saturated heterocycles. The van der Waals surface area contributed by atoms with Crippen molar-refractivity contribution in [1.29, 1.82) is 0 Å². The number of carbonyl (C=O) groups is 1. The first-order valence-electron chi connectivity index (χ1n) is 7.18. The highest BCUT2D eigenvalue weighted by molar-refractivity contribution is 5.77. The van der Waals surface area contributed by atoms with Crippen LogP contribution < -0.4 is 0 Å². The van der Waals surface area contributed by atoms with E-state index < -0.39 is 70.5 Å². The number of halogens is 17. The summed E-state index contributed by atoms with van der Waals surface area (Å²) >= 11 is 0. The second-order valence-corrected chi connectivity index (χ2v) is 6.89. The maximum Gasteiger partial charge on any atom is 0.490 e. The van der Waals surface area contributed by atoms with Gasteiger partial charge in [-0.3, -0.25) is 0 Å². The molecule has 0 spiro atoms. The average molecular weight is 500 g/mol. The minimum Gasteiger partial charge on any atom is -0.436 e.